The highest BCUT2D eigenvalue weighted by Crippen LogP contribution is 2.32. The molecule has 1 saturated heterocycles. The summed E-state index contributed by atoms with van der Waals surface area (Å²) in [6.45, 7) is 1.86. The number of ether oxygens (including phenoxy) is 1. The number of nitrogens with zero attached hydrogens (tertiary/aromatic N) is 4. The molecule has 0 spiro atoms. The summed E-state index contributed by atoms with van der Waals surface area (Å²) in [5.74, 6) is -0.437. The Hall–Kier alpha value is -2.92. The number of carbonyl (C=O) groups excluding carboxylic acids is 1. The van der Waals surface area contributed by atoms with E-state index >= 15 is 0 Å². The second-order valence-corrected chi connectivity index (χ2v) is 5.84. The van der Waals surface area contributed by atoms with Crippen LogP contribution in [0.1, 0.15) is 16.1 Å². The van der Waals surface area contributed by atoms with Crippen molar-refractivity contribution in [2.24, 2.45) is 0 Å². The number of fused-ring (bicyclic) bond motifs is 1. The molecule has 1 N–H and O–H groups in total. The van der Waals surface area contributed by atoms with E-state index in [-0.39, 0.29) is 22.7 Å². The number of rotatable bonds is 3. The molecule has 0 aromatic carbocycles. The number of nitrogens with one attached hydrogen (secondary N) is 1. The van der Waals surface area contributed by atoms with Crippen LogP contribution in [0, 0.1) is 0 Å². The summed E-state index contributed by atoms with van der Waals surface area (Å²) in [5, 5.41) is 5.36. The molecule has 4 heterocycles. The van der Waals surface area contributed by atoms with Gasteiger partial charge >= 0.3 is 6.18 Å². The van der Waals surface area contributed by atoms with Crippen molar-refractivity contribution in [3.63, 3.8) is 0 Å². The maximum atomic E-state index is 13.5. The molecule has 1 amide bonds. The molecule has 0 radical (unpaired) electrons. The smallest absolute Gasteiger partial charge is 0.433 e. The number of carbonyl (C=O) groups is 1. The number of aromatic nitrogens is 3. The van der Waals surface area contributed by atoms with E-state index in [1.807, 2.05) is 0 Å². The Morgan fingerprint density at radius 1 is 1.26 bits per heavy atom. The predicted octanol–water partition coefficient (Wildman–Crippen LogP) is 1.99. The van der Waals surface area contributed by atoms with E-state index in [0.29, 0.717) is 30.8 Å². The van der Waals surface area contributed by atoms with E-state index < -0.39 is 17.8 Å². The van der Waals surface area contributed by atoms with Crippen molar-refractivity contribution in [2.75, 3.05) is 26.3 Å². The first-order valence-corrected chi connectivity index (χ1v) is 8.07. The highest BCUT2D eigenvalue weighted by Gasteiger charge is 2.36. The normalized spacial score (nSPS) is 16.0. The van der Waals surface area contributed by atoms with Crippen LogP contribution in [0.15, 0.2) is 35.1 Å². The predicted molar refractivity (Wildman–Crippen MR) is 85.5 cm³/mol. The molecule has 8 nitrogen and oxygen atoms in total. The van der Waals surface area contributed by atoms with Crippen LogP contribution in [0.5, 0.6) is 0 Å². The molecular weight excluding hydrogens is 367 g/mol. The molecule has 3 aromatic heterocycles. The van der Waals surface area contributed by atoms with Gasteiger partial charge in [-0.3, -0.25) is 10.2 Å². The third-order valence-corrected chi connectivity index (χ3v) is 4.05. The van der Waals surface area contributed by atoms with Crippen LogP contribution in [-0.2, 0) is 10.9 Å². The molecule has 0 atom stereocenters. The van der Waals surface area contributed by atoms with Crippen molar-refractivity contribution in [1.82, 2.24) is 25.0 Å². The Morgan fingerprint density at radius 3 is 2.70 bits per heavy atom. The molecule has 11 heteroatoms. The zero-order valence-corrected chi connectivity index (χ0v) is 13.9. The fraction of sp³-hybridized carbons (Fsp3) is 0.312. The Balaban J connectivity index is 1.78. The molecule has 0 saturated carbocycles. The highest BCUT2D eigenvalue weighted by atomic mass is 19.4. The maximum absolute atomic E-state index is 13.5. The first-order chi connectivity index (χ1) is 12.9. The number of alkyl halides is 3. The maximum Gasteiger partial charge on any atom is 0.433 e. The van der Waals surface area contributed by atoms with Crippen LogP contribution in [0.4, 0.5) is 13.2 Å². The Kier molecular flexibility index (Phi) is 4.32. The fourth-order valence-electron chi connectivity index (χ4n) is 2.75. The third-order valence-electron chi connectivity index (χ3n) is 4.05. The average molecular weight is 381 g/mol. The quantitative estimate of drug-likeness (QED) is 0.747. The summed E-state index contributed by atoms with van der Waals surface area (Å²) >= 11 is 0. The van der Waals surface area contributed by atoms with Crippen LogP contribution in [0.2, 0.25) is 0 Å². The van der Waals surface area contributed by atoms with Gasteiger partial charge < -0.3 is 9.15 Å². The van der Waals surface area contributed by atoms with Gasteiger partial charge in [-0.25, -0.2) is 14.5 Å². The SMILES string of the molecule is O=C(NN1CCOCC1)c1cnn2c(C(F)(F)F)cc(-c3ccco3)nc12. The molecule has 1 aliphatic heterocycles. The number of furan rings is 1. The van der Waals surface area contributed by atoms with Gasteiger partial charge in [-0.05, 0) is 18.2 Å². The summed E-state index contributed by atoms with van der Waals surface area (Å²) in [6.07, 6.45) is -2.29. The zero-order valence-electron chi connectivity index (χ0n) is 13.9. The van der Waals surface area contributed by atoms with Crippen molar-refractivity contribution in [3.05, 3.63) is 41.9 Å². The van der Waals surface area contributed by atoms with Crippen molar-refractivity contribution in [2.45, 2.75) is 6.18 Å². The molecule has 1 aliphatic rings. The summed E-state index contributed by atoms with van der Waals surface area (Å²) in [6, 6.07) is 3.86. The van der Waals surface area contributed by atoms with Gasteiger partial charge in [-0.15, -0.1) is 0 Å². The lowest BCUT2D eigenvalue weighted by molar-refractivity contribution is -0.142. The number of morpholine rings is 1. The molecular formula is C16H14F3N5O3. The van der Waals surface area contributed by atoms with E-state index in [9.17, 15) is 18.0 Å². The van der Waals surface area contributed by atoms with Crippen molar-refractivity contribution in [3.8, 4) is 11.5 Å². The van der Waals surface area contributed by atoms with Gasteiger partial charge in [-0.1, -0.05) is 0 Å². The van der Waals surface area contributed by atoms with Gasteiger partial charge in [0, 0.05) is 13.1 Å². The lowest BCUT2D eigenvalue weighted by atomic mass is 10.2. The topological polar surface area (TPSA) is 84.9 Å². The molecule has 27 heavy (non-hydrogen) atoms. The van der Waals surface area contributed by atoms with E-state index in [0.717, 1.165) is 12.3 Å². The second kappa shape index (κ2) is 6.67. The van der Waals surface area contributed by atoms with Crippen LogP contribution in [0.3, 0.4) is 0 Å². The van der Waals surface area contributed by atoms with Crippen molar-refractivity contribution in [1.29, 1.82) is 0 Å². The Labute approximate surface area is 150 Å². The van der Waals surface area contributed by atoms with Crippen LogP contribution >= 0.6 is 0 Å². The number of halogens is 3. The monoisotopic (exact) mass is 381 g/mol. The van der Waals surface area contributed by atoms with Gasteiger partial charge in [0.05, 0.1) is 25.7 Å². The summed E-state index contributed by atoms with van der Waals surface area (Å²) in [4.78, 5) is 16.7. The minimum Gasteiger partial charge on any atom is -0.463 e. The Morgan fingerprint density at radius 2 is 2.04 bits per heavy atom. The molecule has 1 fully saturated rings. The van der Waals surface area contributed by atoms with Gasteiger partial charge in [0.2, 0.25) is 0 Å². The van der Waals surface area contributed by atoms with E-state index in [4.69, 9.17) is 9.15 Å². The molecule has 142 valence electrons. The first-order valence-electron chi connectivity index (χ1n) is 8.07. The second-order valence-electron chi connectivity index (χ2n) is 5.84. The van der Waals surface area contributed by atoms with E-state index in [1.165, 1.54) is 18.4 Å². The van der Waals surface area contributed by atoms with Gasteiger partial charge in [-0.2, -0.15) is 18.3 Å². The molecule has 0 aliphatic carbocycles. The lowest BCUT2D eigenvalue weighted by Gasteiger charge is -2.26. The summed E-state index contributed by atoms with van der Waals surface area (Å²) in [7, 11) is 0. The third kappa shape index (κ3) is 3.38. The molecule has 0 unspecified atom stereocenters. The standard InChI is InChI=1S/C16H14F3N5O3/c17-16(18,19)13-8-11(12-2-1-5-27-12)21-14-10(9-20-24(13)14)15(25)22-23-3-6-26-7-4-23/h1-2,5,8-9H,3-4,6-7H2,(H,22,25). The Bertz CT molecular complexity index is 962. The van der Waals surface area contributed by atoms with Crippen LogP contribution < -0.4 is 5.43 Å². The average Bonchev–Trinajstić information content (AvgIpc) is 3.30. The van der Waals surface area contributed by atoms with Crippen molar-refractivity contribution >= 4 is 11.6 Å². The van der Waals surface area contributed by atoms with Gasteiger partial charge in [0.25, 0.3) is 5.91 Å². The largest absolute Gasteiger partial charge is 0.463 e. The van der Waals surface area contributed by atoms with E-state index in [2.05, 4.69) is 15.5 Å². The van der Waals surface area contributed by atoms with Crippen LogP contribution in [-0.4, -0.2) is 51.8 Å². The number of hydrogen-bond acceptors (Lipinski definition) is 6. The minimum atomic E-state index is -4.69. The van der Waals surface area contributed by atoms with Gasteiger partial charge in [0.1, 0.15) is 11.3 Å². The zero-order chi connectivity index (χ0) is 19.0. The number of amides is 1. The first kappa shape index (κ1) is 17.5. The van der Waals surface area contributed by atoms with Crippen molar-refractivity contribution < 1.29 is 27.1 Å². The highest BCUT2D eigenvalue weighted by molar-refractivity contribution is 5.99. The van der Waals surface area contributed by atoms with E-state index in [1.54, 1.807) is 5.01 Å². The molecule has 3 aromatic rings. The number of hydrogen-bond donors (Lipinski definition) is 1. The van der Waals surface area contributed by atoms with Gasteiger partial charge in [0.15, 0.2) is 17.1 Å². The van der Waals surface area contributed by atoms with Crippen LogP contribution in [0.25, 0.3) is 17.1 Å². The minimum absolute atomic E-state index is 0.0410. The molecule has 0 bridgehead atoms. The molecule has 4 rings (SSSR count). The fourth-order valence-corrected chi connectivity index (χ4v) is 2.75. The summed E-state index contributed by atoms with van der Waals surface area (Å²) < 4.78 is 51.4. The number of hydrazine groups is 1. The lowest BCUT2D eigenvalue weighted by Crippen LogP contribution is -2.48. The summed E-state index contributed by atoms with van der Waals surface area (Å²) in [5.41, 5.74) is 1.27.